The van der Waals surface area contributed by atoms with E-state index in [1.54, 1.807) is 40.6 Å². The molecule has 1 saturated heterocycles. The number of hydrogen-bond donors (Lipinski definition) is 0. The lowest BCUT2D eigenvalue weighted by molar-refractivity contribution is -0.129. The molecular formula is C20H23F2N3O2. The quantitative estimate of drug-likeness (QED) is 0.825. The number of nitrogens with zero attached hydrogens (tertiary/aromatic N) is 3. The standard InChI is InChI=1S/C20H23F2N3O2/c1-13(26)23(2)15-9-10-25(12-15)20(27)19-8-7-14(24(19)3)11-16-17(21)5-4-6-18(16)22/h4-8,15H,9-12H2,1-3H3/t15-/m0/s1. The van der Waals surface area contributed by atoms with Crippen molar-refractivity contribution in [1.29, 1.82) is 0 Å². The summed E-state index contributed by atoms with van der Waals surface area (Å²) in [5, 5.41) is 0. The van der Waals surface area contributed by atoms with Crippen LogP contribution in [0, 0.1) is 11.6 Å². The molecule has 1 aliphatic rings. The molecule has 27 heavy (non-hydrogen) atoms. The number of halogens is 2. The maximum absolute atomic E-state index is 13.9. The molecule has 0 spiro atoms. The second-order valence-corrected chi connectivity index (χ2v) is 6.97. The number of likely N-dealkylation sites (N-methyl/N-ethyl adjacent to an activating group) is 1. The minimum atomic E-state index is -0.598. The Morgan fingerprint density at radius 3 is 2.48 bits per heavy atom. The van der Waals surface area contributed by atoms with Crippen LogP contribution < -0.4 is 0 Å². The molecule has 1 fully saturated rings. The highest BCUT2D eigenvalue weighted by Crippen LogP contribution is 2.21. The van der Waals surface area contributed by atoms with Gasteiger partial charge in [-0.2, -0.15) is 0 Å². The summed E-state index contributed by atoms with van der Waals surface area (Å²) in [6.45, 7) is 2.57. The molecule has 1 aromatic heterocycles. The first-order valence-electron chi connectivity index (χ1n) is 8.89. The monoisotopic (exact) mass is 375 g/mol. The van der Waals surface area contributed by atoms with Crippen molar-refractivity contribution in [3.05, 3.63) is 58.9 Å². The third-order valence-corrected chi connectivity index (χ3v) is 5.36. The Hall–Kier alpha value is -2.70. The third kappa shape index (κ3) is 3.72. The number of hydrogen-bond acceptors (Lipinski definition) is 2. The highest BCUT2D eigenvalue weighted by molar-refractivity contribution is 5.93. The van der Waals surface area contributed by atoms with E-state index in [1.807, 2.05) is 0 Å². The summed E-state index contributed by atoms with van der Waals surface area (Å²) >= 11 is 0. The van der Waals surface area contributed by atoms with E-state index in [4.69, 9.17) is 0 Å². The Bertz CT molecular complexity index is 858. The zero-order valence-electron chi connectivity index (χ0n) is 15.7. The molecule has 5 nitrogen and oxygen atoms in total. The van der Waals surface area contributed by atoms with E-state index in [2.05, 4.69) is 0 Å². The van der Waals surface area contributed by atoms with Gasteiger partial charge < -0.3 is 14.4 Å². The van der Waals surface area contributed by atoms with Crippen molar-refractivity contribution in [2.75, 3.05) is 20.1 Å². The SMILES string of the molecule is CC(=O)N(C)[C@H]1CCN(C(=O)c2ccc(Cc3c(F)cccc3F)n2C)C1. The zero-order valence-corrected chi connectivity index (χ0v) is 15.7. The van der Waals surface area contributed by atoms with Crippen molar-refractivity contribution >= 4 is 11.8 Å². The first kappa shape index (κ1) is 19.1. The van der Waals surface area contributed by atoms with Crippen LogP contribution in [-0.2, 0) is 18.3 Å². The summed E-state index contributed by atoms with van der Waals surface area (Å²) in [6.07, 6.45) is 0.803. The molecule has 0 unspecified atom stereocenters. The van der Waals surface area contributed by atoms with Crippen molar-refractivity contribution in [2.45, 2.75) is 25.8 Å². The predicted octanol–water partition coefficient (Wildman–Crippen LogP) is 2.59. The van der Waals surface area contributed by atoms with Crippen LogP contribution in [0.4, 0.5) is 8.78 Å². The Labute approximate surface area is 157 Å². The lowest BCUT2D eigenvalue weighted by Gasteiger charge is -2.23. The number of carbonyl (C=O) groups is 2. The first-order chi connectivity index (χ1) is 12.8. The molecule has 0 saturated carbocycles. The summed E-state index contributed by atoms with van der Waals surface area (Å²) in [6, 6.07) is 7.19. The number of amides is 2. The van der Waals surface area contributed by atoms with Gasteiger partial charge in [0.25, 0.3) is 5.91 Å². The average Bonchev–Trinajstić information content (AvgIpc) is 3.24. The van der Waals surface area contributed by atoms with Gasteiger partial charge in [-0.1, -0.05) is 6.07 Å². The van der Waals surface area contributed by atoms with Gasteiger partial charge in [0.05, 0.1) is 6.04 Å². The summed E-state index contributed by atoms with van der Waals surface area (Å²) < 4.78 is 29.5. The van der Waals surface area contributed by atoms with E-state index in [0.29, 0.717) is 24.5 Å². The smallest absolute Gasteiger partial charge is 0.270 e. The number of rotatable bonds is 4. The lowest BCUT2D eigenvalue weighted by Crippen LogP contribution is -2.39. The van der Waals surface area contributed by atoms with Gasteiger partial charge in [-0.25, -0.2) is 8.78 Å². The van der Waals surface area contributed by atoms with Gasteiger partial charge >= 0.3 is 0 Å². The summed E-state index contributed by atoms with van der Waals surface area (Å²) in [5.41, 5.74) is 1.11. The van der Waals surface area contributed by atoms with Crippen molar-refractivity contribution in [2.24, 2.45) is 7.05 Å². The van der Waals surface area contributed by atoms with Crippen LogP contribution in [0.2, 0.25) is 0 Å². The van der Waals surface area contributed by atoms with Crippen molar-refractivity contribution < 1.29 is 18.4 Å². The van der Waals surface area contributed by atoms with Gasteiger partial charge in [0.1, 0.15) is 17.3 Å². The number of likely N-dealkylation sites (tertiary alicyclic amines) is 1. The van der Waals surface area contributed by atoms with Crippen molar-refractivity contribution in [3.63, 3.8) is 0 Å². The number of carbonyl (C=O) groups excluding carboxylic acids is 2. The van der Waals surface area contributed by atoms with E-state index in [9.17, 15) is 18.4 Å². The van der Waals surface area contributed by atoms with Gasteiger partial charge in [-0.15, -0.1) is 0 Å². The van der Waals surface area contributed by atoms with Crippen molar-refractivity contribution in [1.82, 2.24) is 14.4 Å². The molecule has 2 heterocycles. The maximum atomic E-state index is 13.9. The highest BCUT2D eigenvalue weighted by atomic mass is 19.1. The highest BCUT2D eigenvalue weighted by Gasteiger charge is 2.31. The molecule has 0 aliphatic carbocycles. The molecule has 7 heteroatoms. The van der Waals surface area contributed by atoms with Crippen LogP contribution >= 0.6 is 0 Å². The fraction of sp³-hybridized carbons (Fsp3) is 0.400. The minimum absolute atomic E-state index is 0.0120. The third-order valence-electron chi connectivity index (χ3n) is 5.36. The van der Waals surface area contributed by atoms with Crippen LogP contribution in [0.5, 0.6) is 0 Å². The Kier molecular flexibility index (Phi) is 5.30. The molecule has 2 amide bonds. The van der Waals surface area contributed by atoms with Gasteiger partial charge in [-0.05, 0) is 30.7 Å². The molecule has 144 valence electrons. The van der Waals surface area contributed by atoms with Crippen LogP contribution in [0.15, 0.2) is 30.3 Å². The summed E-state index contributed by atoms with van der Waals surface area (Å²) in [5.74, 6) is -1.36. The normalized spacial score (nSPS) is 16.6. The fourth-order valence-electron chi connectivity index (χ4n) is 3.49. The van der Waals surface area contributed by atoms with Gasteiger partial charge in [-0.3, -0.25) is 9.59 Å². The molecular weight excluding hydrogens is 352 g/mol. The molecule has 0 N–H and O–H groups in total. The van der Waals surface area contributed by atoms with Gasteiger partial charge in [0, 0.05) is 51.8 Å². The summed E-state index contributed by atoms with van der Waals surface area (Å²) in [4.78, 5) is 27.8. The van der Waals surface area contributed by atoms with E-state index in [0.717, 1.165) is 6.42 Å². The Morgan fingerprint density at radius 1 is 1.19 bits per heavy atom. The zero-order chi connectivity index (χ0) is 19.7. The molecule has 1 aromatic carbocycles. The van der Waals surface area contributed by atoms with E-state index in [1.165, 1.54) is 25.1 Å². The van der Waals surface area contributed by atoms with Crippen molar-refractivity contribution in [3.8, 4) is 0 Å². The first-order valence-corrected chi connectivity index (χ1v) is 8.89. The fourth-order valence-corrected chi connectivity index (χ4v) is 3.49. The molecule has 0 radical (unpaired) electrons. The minimum Gasteiger partial charge on any atom is -0.343 e. The lowest BCUT2D eigenvalue weighted by atomic mass is 10.1. The predicted molar refractivity (Wildman–Crippen MR) is 97.3 cm³/mol. The molecule has 2 aromatic rings. The number of benzene rings is 1. The molecule has 1 atom stereocenters. The van der Waals surface area contributed by atoms with E-state index >= 15 is 0 Å². The van der Waals surface area contributed by atoms with Crippen LogP contribution in [0.1, 0.15) is 35.1 Å². The second kappa shape index (κ2) is 7.50. The Morgan fingerprint density at radius 2 is 1.85 bits per heavy atom. The molecule has 1 aliphatic heterocycles. The molecule has 0 bridgehead atoms. The number of aromatic nitrogens is 1. The van der Waals surface area contributed by atoms with E-state index < -0.39 is 11.6 Å². The topological polar surface area (TPSA) is 45.6 Å². The average molecular weight is 375 g/mol. The van der Waals surface area contributed by atoms with E-state index in [-0.39, 0.29) is 29.8 Å². The van der Waals surface area contributed by atoms with Gasteiger partial charge in [0.15, 0.2) is 0 Å². The molecule has 3 rings (SSSR count). The Balaban J connectivity index is 1.76. The van der Waals surface area contributed by atoms with Crippen LogP contribution in [-0.4, -0.2) is 52.4 Å². The van der Waals surface area contributed by atoms with Crippen LogP contribution in [0.25, 0.3) is 0 Å². The van der Waals surface area contributed by atoms with Crippen LogP contribution in [0.3, 0.4) is 0 Å². The second-order valence-electron chi connectivity index (χ2n) is 6.97. The maximum Gasteiger partial charge on any atom is 0.270 e. The van der Waals surface area contributed by atoms with Gasteiger partial charge in [0.2, 0.25) is 5.91 Å². The summed E-state index contributed by atoms with van der Waals surface area (Å²) in [7, 11) is 3.46. The largest absolute Gasteiger partial charge is 0.343 e.